The first kappa shape index (κ1) is 33.7. The third-order valence-electron chi connectivity index (χ3n) is 6.57. The number of thioether (sulfide) groups is 1. The lowest BCUT2D eigenvalue weighted by molar-refractivity contribution is -0.137. The number of rotatable bonds is 11. The number of halogens is 3. The Kier molecular flexibility index (Phi) is 11.1. The molecule has 4 aromatic carbocycles. The number of para-hydroxylation sites is 1. The van der Waals surface area contributed by atoms with Crippen molar-refractivity contribution in [2.24, 2.45) is 0 Å². The van der Waals surface area contributed by atoms with Crippen LogP contribution < -0.4 is 20.7 Å². The maximum absolute atomic E-state index is 13.5. The van der Waals surface area contributed by atoms with Gasteiger partial charge in [0.15, 0.2) is 0 Å². The number of carbonyl (C=O) groups excluding carboxylic acids is 3. The second-order valence-corrected chi connectivity index (χ2v) is 11.1. The van der Waals surface area contributed by atoms with Gasteiger partial charge in [0.2, 0.25) is 5.91 Å². The van der Waals surface area contributed by atoms with E-state index in [4.69, 9.17) is 4.74 Å². The molecule has 0 aliphatic rings. The zero-order valence-electron chi connectivity index (χ0n) is 24.7. The minimum Gasteiger partial charge on any atom is -0.508 e. The molecule has 4 N–H and O–H groups in total. The molecular formula is C34H30F3N3O5S. The summed E-state index contributed by atoms with van der Waals surface area (Å²) in [7, 11) is 1.40. The highest BCUT2D eigenvalue weighted by molar-refractivity contribution is 8.00. The van der Waals surface area contributed by atoms with Gasteiger partial charge in [-0.1, -0.05) is 43.3 Å². The fourth-order valence-electron chi connectivity index (χ4n) is 4.30. The van der Waals surface area contributed by atoms with Crippen LogP contribution in [0.4, 0.5) is 24.5 Å². The molecule has 0 saturated carbocycles. The average molecular weight is 650 g/mol. The summed E-state index contributed by atoms with van der Waals surface area (Å²) in [5.41, 5.74) is -0.329. The Morgan fingerprint density at radius 3 is 2.33 bits per heavy atom. The molecule has 0 heterocycles. The number of phenolic OH excluding ortho intramolecular Hbond substituents is 1. The van der Waals surface area contributed by atoms with E-state index >= 15 is 0 Å². The van der Waals surface area contributed by atoms with Crippen molar-refractivity contribution in [2.75, 3.05) is 17.7 Å². The lowest BCUT2D eigenvalue weighted by Crippen LogP contribution is -2.30. The van der Waals surface area contributed by atoms with E-state index in [1.54, 1.807) is 61.5 Å². The van der Waals surface area contributed by atoms with Crippen LogP contribution in [0.15, 0.2) is 108 Å². The van der Waals surface area contributed by atoms with Gasteiger partial charge in [0.25, 0.3) is 11.8 Å². The van der Waals surface area contributed by atoms with Crippen LogP contribution in [0.1, 0.15) is 34.8 Å². The van der Waals surface area contributed by atoms with E-state index in [1.807, 2.05) is 0 Å². The highest BCUT2D eigenvalue weighted by Gasteiger charge is 2.34. The summed E-state index contributed by atoms with van der Waals surface area (Å²) < 4.78 is 45.6. The third-order valence-corrected chi connectivity index (χ3v) is 7.93. The average Bonchev–Trinajstić information content (AvgIpc) is 3.04. The molecule has 0 radical (unpaired) electrons. The monoisotopic (exact) mass is 649 g/mol. The number of nitrogens with one attached hydrogen (secondary N) is 3. The maximum Gasteiger partial charge on any atom is 0.418 e. The van der Waals surface area contributed by atoms with Crippen LogP contribution in [0.25, 0.3) is 6.08 Å². The Hall–Kier alpha value is -5.23. The Labute approximate surface area is 267 Å². The molecule has 8 nitrogen and oxygen atoms in total. The van der Waals surface area contributed by atoms with Gasteiger partial charge in [-0.25, -0.2) is 0 Å². The second kappa shape index (κ2) is 15.2. The van der Waals surface area contributed by atoms with Crippen LogP contribution in [0, 0.1) is 0 Å². The summed E-state index contributed by atoms with van der Waals surface area (Å²) in [6, 6.07) is 23.9. The van der Waals surface area contributed by atoms with Crippen molar-refractivity contribution in [2.45, 2.75) is 29.7 Å². The summed E-state index contributed by atoms with van der Waals surface area (Å²) in [5.74, 6) is -1.59. The highest BCUT2D eigenvalue weighted by atomic mass is 32.2. The highest BCUT2D eigenvalue weighted by Crippen LogP contribution is 2.36. The summed E-state index contributed by atoms with van der Waals surface area (Å²) in [4.78, 5) is 40.1. The van der Waals surface area contributed by atoms with Gasteiger partial charge < -0.3 is 25.8 Å². The van der Waals surface area contributed by atoms with E-state index in [9.17, 15) is 32.7 Å². The molecule has 238 valence electrons. The van der Waals surface area contributed by atoms with Crippen molar-refractivity contribution in [3.63, 3.8) is 0 Å². The molecule has 1 unspecified atom stereocenters. The van der Waals surface area contributed by atoms with Crippen LogP contribution >= 0.6 is 11.8 Å². The number of hydrogen-bond acceptors (Lipinski definition) is 6. The fourth-order valence-corrected chi connectivity index (χ4v) is 5.31. The van der Waals surface area contributed by atoms with Gasteiger partial charge in [0, 0.05) is 27.8 Å². The predicted molar refractivity (Wildman–Crippen MR) is 172 cm³/mol. The Bertz CT molecular complexity index is 1750. The number of phenols is 1. The Morgan fingerprint density at radius 2 is 1.63 bits per heavy atom. The van der Waals surface area contributed by atoms with Crippen molar-refractivity contribution in [1.29, 1.82) is 0 Å². The second-order valence-electron chi connectivity index (χ2n) is 9.83. The minimum atomic E-state index is -4.63. The number of methoxy groups -OCH3 is 1. The Balaban J connectivity index is 1.54. The smallest absolute Gasteiger partial charge is 0.418 e. The van der Waals surface area contributed by atoms with Gasteiger partial charge in [-0.15, -0.1) is 11.8 Å². The van der Waals surface area contributed by atoms with Crippen molar-refractivity contribution in [3.05, 3.63) is 119 Å². The molecule has 0 bridgehead atoms. The van der Waals surface area contributed by atoms with E-state index in [1.165, 1.54) is 49.6 Å². The summed E-state index contributed by atoms with van der Waals surface area (Å²) in [6.07, 6.45) is -2.91. The number of benzene rings is 4. The van der Waals surface area contributed by atoms with Crippen molar-refractivity contribution >= 4 is 46.9 Å². The van der Waals surface area contributed by atoms with E-state index in [-0.39, 0.29) is 22.9 Å². The van der Waals surface area contributed by atoms with Crippen molar-refractivity contribution in [1.82, 2.24) is 5.32 Å². The molecule has 0 saturated heterocycles. The van der Waals surface area contributed by atoms with E-state index in [0.717, 1.165) is 17.8 Å². The standard InChI is InChI=1S/C34H30F3N3O5S/c1-3-30(33(44)39-27-15-8-7-14-26(27)34(35,36)37)46-25-13-9-12-23(19-25)38-32(43)28(40-31(42)21-10-5-4-6-11-21)18-22-16-17-24(41)20-29(22)45-2/h4-20,30,41H,3H2,1-2H3,(H,38,43)(H,39,44)(H,40,42)/b28-18+. The lowest BCUT2D eigenvalue weighted by Gasteiger charge is -2.18. The number of ether oxygens (including phenoxy) is 1. The van der Waals surface area contributed by atoms with Gasteiger partial charge in [0.05, 0.1) is 23.6 Å². The molecule has 46 heavy (non-hydrogen) atoms. The molecule has 12 heteroatoms. The van der Waals surface area contributed by atoms with Crippen LogP contribution in [0.5, 0.6) is 11.5 Å². The number of carbonyl (C=O) groups is 3. The number of hydrogen-bond donors (Lipinski definition) is 4. The van der Waals surface area contributed by atoms with Crippen molar-refractivity contribution in [3.8, 4) is 11.5 Å². The number of anilines is 2. The quantitative estimate of drug-likeness (QED) is 0.0999. The number of aromatic hydroxyl groups is 1. The van der Waals surface area contributed by atoms with Crippen molar-refractivity contribution < 1.29 is 37.4 Å². The summed E-state index contributed by atoms with van der Waals surface area (Å²) in [6.45, 7) is 1.74. The van der Waals surface area contributed by atoms with Crippen LogP contribution in [-0.2, 0) is 15.8 Å². The van der Waals surface area contributed by atoms with Crippen LogP contribution in [-0.4, -0.2) is 35.2 Å². The normalized spacial score (nSPS) is 12.2. The molecule has 1 atom stereocenters. The van der Waals surface area contributed by atoms with Crippen LogP contribution in [0.2, 0.25) is 0 Å². The van der Waals surface area contributed by atoms with Gasteiger partial charge in [-0.3, -0.25) is 14.4 Å². The van der Waals surface area contributed by atoms with Crippen LogP contribution in [0.3, 0.4) is 0 Å². The van der Waals surface area contributed by atoms with E-state index in [2.05, 4.69) is 16.0 Å². The molecule has 4 rings (SSSR count). The molecule has 4 aromatic rings. The minimum absolute atomic E-state index is 0.0498. The van der Waals surface area contributed by atoms with Gasteiger partial charge in [-0.2, -0.15) is 13.2 Å². The molecular weight excluding hydrogens is 619 g/mol. The molecule has 0 aromatic heterocycles. The molecule has 0 aliphatic carbocycles. The number of alkyl halides is 3. The molecule has 0 spiro atoms. The first-order chi connectivity index (χ1) is 22.0. The lowest BCUT2D eigenvalue weighted by atomic mass is 10.1. The van der Waals surface area contributed by atoms with Gasteiger partial charge in [0.1, 0.15) is 17.2 Å². The molecule has 0 fully saturated rings. The molecule has 3 amide bonds. The number of amides is 3. The SMILES string of the molecule is CCC(Sc1cccc(NC(=O)/C(=C\c2ccc(O)cc2OC)NC(=O)c2ccccc2)c1)C(=O)Nc1ccccc1C(F)(F)F. The predicted octanol–water partition coefficient (Wildman–Crippen LogP) is 7.34. The van der Waals surface area contributed by atoms with E-state index in [0.29, 0.717) is 28.1 Å². The zero-order chi connectivity index (χ0) is 33.3. The summed E-state index contributed by atoms with van der Waals surface area (Å²) >= 11 is 1.13. The third kappa shape index (κ3) is 8.91. The van der Waals surface area contributed by atoms with Gasteiger partial charge in [-0.05, 0) is 67.1 Å². The fraction of sp³-hybridized carbons (Fsp3) is 0.147. The zero-order valence-corrected chi connectivity index (χ0v) is 25.5. The Morgan fingerprint density at radius 1 is 0.913 bits per heavy atom. The maximum atomic E-state index is 13.5. The van der Waals surface area contributed by atoms with Gasteiger partial charge >= 0.3 is 6.18 Å². The topological polar surface area (TPSA) is 117 Å². The summed E-state index contributed by atoms with van der Waals surface area (Å²) in [5, 5.41) is 16.9. The van der Waals surface area contributed by atoms with E-state index < -0.39 is 34.7 Å². The first-order valence-corrected chi connectivity index (χ1v) is 14.9. The molecule has 0 aliphatic heterocycles. The first-order valence-electron chi connectivity index (χ1n) is 14.0. The largest absolute Gasteiger partial charge is 0.508 e.